The van der Waals surface area contributed by atoms with Crippen LogP contribution < -0.4 is 0 Å². The fourth-order valence-corrected chi connectivity index (χ4v) is 3.51. The molecule has 1 atom stereocenters. The summed E-state index contributed by atoms with van der Waals surface area (Å²) in [4.78, 5) is 24.2. The molecule has 2 aromatic rings. The van der Waals surface area contributed by atoms with Crippen LogP contribution in [0.25, 0.3) is 0 Å². The fraction of sp³-hybridized carbons (Fsp3) is 0.481. The number of hydrogen-bond acceptors (Lipinski definition) is 6. The Bertz CT molecular complexity index is 992. The molecule has 6 heteroatoms. The van der Waals surface area contributed by atoms with E-state index in [9.17, 15) is 19.8 Å². The lowest BCUT2D eigenvalue weighted by atomic mass is 9.98. The molecule has 0 amide bonds. The summed E-state index contributed by atoms with van der Waals surface area (Å²) >= 11 is 0. The van der Waals surface area contributed by atoms with E-state index in [-0.39, 0.29) is 36.8 Å². The number of unbranched alkanes of at least 4 members (excludes halogenated alkanes) is 1. The van der Waals surface area contributed by atoms with Crippen LogP contribution in [-0.4, -0.2) is 28.9 Å². The average Bonchev–Trinajstić information content (AvgIpc) is 2.83. The average molecular weight is 461 g/mol. The predicted molar refractivity (Wildman–Crippen MR) is 127 cm³/mol. The third kappa shape index (κ3) is 9.56. The lowest BCUT2D eigenvalue weighted by Gasteiger charge is -2.11. The third-order valence-corrected chi connectivity index (χ3v) is 5.40. The summed E-state index contributed by atoms with van der Waals surface area (Å²) in [5, 5.41) is 19.6. The number of esters is 2. The summed E-state index contributed by atoms with van der Waals surface area (Å²) in [5.74, 6) is -0.960. The Hall–Kier alpha value is -3.02. The summed E-state index contributed by atoms with van der Waals surface area (Å²) in [5.41, 5.74) is 3.47. The Morgan fingerprint density at radius 2 is 1.42 bits per heavy atom. The standard InChI is InChI=1S/C27H36O6/c1-3-5-7-22-17-24(28)13-9-20(22)11-15-26(30)32-19-33-27(31)16-12-21-10-14-25(29)18-23(21)8-6-4-2/h9-10,13-14,17-18,28-29H,3-8,11-12,15-16,19H2,1-2H3/i5T,13T. The van der Waals surface area contributed by atoms with E-state index in [1.807, 2.05) is 13.0 Å². The van der Waals surface area contributed by atoms with Crippen LogP contribution in [-0.2, 0) is 44.7 Å². The number of carbonyl (C=O) groups excluding carboxylic acids is 2. The molecule has 0 aromatic heterocycles. The topological polar surface area (TPSA) is 93.1 Å². The van der Waals surface area contributed by atoms with E-state index in [1.165, 1.54) is 12.1 Å². The Labute approximate surface area is 199 Å². The molecule has 0 aliphatic rings. The molecule has 0 bridgehead atoms. The minimum absolute atomic E-state index is 0.0256. The van der Waals surface area contributed by atoms with Crippen LogP contribution in [0.15, 0.2) is 36.4 Å². The Morgan fingerprint density at radius 1 is 0.818 bits per heavy atom. The maximum absolute atomic E-state index is 12.1. The quantitative estimate of drug-likeness (QED) is 0.290. The van der Waals surface area contributed by atoms with Gasteiger partial charge in [0.15, 0.2) is 0 Å². The minimum atomic E-state index is -0.540. The number of phenols is 2. The molecule has 2 aromatic carbocycles. The zero-order chi connectivity index (χ0) is 25.8. The van der Waals surface area contributed by atoms with Crippen molar-refractivity contribution in [2.24, 2.45) is 0 Å². The first kappa shape index (κ1) is 23.1. The molecular formula is C27H36O6. The van der Waals surface area contributed by atoms with Crippen LogP contribution in [0.2, 0.25) is 0 Å². The van der Waals surface area contributed by atoms with Gasteiger partial charge in [-0.15, -0.1) is 0 Å². The van der Waals surface area contributed by atoms with E-state index in [0.717, 1.165) is 41.5 Å². The highest BCUT2D eigenvalue weighted by Crippen LogP contribution is 2.21. The van der Waals surface area contributed by atoms with Crippen molar-refractivity contribution in [3.8, 4) is 11.5 Å². The summed E-state index contributed by atoms with van der Waals surface area (Å²) in [6, 6.07) is 8.12. The lowest BCUT2D eigenvalue weighted by molar-refractivity contribution is -0.167. The second-order valence-electron chi connectivity index (χ2n) is 7.98. The molecule has 6 nitrogen and oxygen atoms in total. The zero-order valence-corrected chi connectivity index (χ0v) is 19.6. The number of rotatable bonds is 14. The van der Waals surface area contributed by atoms with Crippen molar-refractivity contribution in [3.05, 3.63) is 58.6 Å². The van der Waals surface area contributed by atoms with Gasteiger partial charge in [0.05, 0.1) is 1.37 Å². The molecule has 0 saturated carbocycles. The van der Waals surface area contributed by atoms with Crippen molar-refractivity contribution in [1.82, 2.24) is 0 Å². The Kier molecular flexibility index (Phi) is 9.96. The van der Waals surface area contributed by atoms with E-state index in [4.69, 9.17) is 12.2 Å². The molecule has 0 aliphatic carbocycles. The second-order valence-corrected chi connectivity index (χ2v) is 7.98. The first-order chi connectivity index (χ1) is 16.7. The number of ether oxygens (including phenoxy) is 2. The first-order valence-corrected chi connectivity index (χ1v) is 11.6. The fourth-order valence-electron chi connectivity index (χ4n) is 3.51. The van der Waals surface area contributed by atoms with E-state index < -0.39 is 18.7 Å². The predicted octanol–water partition coefficient (Wildman–Crippen LogP) is 5.39. The normalized spacial score (nSPS) is 12.5. The van der Waals surface area contributed by atoms with Crippen LogP contribution >= 0.6 is 0 Å². The maximum Gasteiger partial charge on any atom is 0.308 e. The molecule has 33 heavy (non-hydrogen) atoms. The SMILES string of the molecule is [3H]c1cc(CCC(=O)OCOC(=O)CCc2ccc(O)cc2CCCC)c(CC([3H])CC)cc1O. The molecule has 0 radical (unpaired) electrons. The first-order valence-electron chi connectivity index (χ1n) is 12.7. The van der Waals surface area contributed by atoms with Crippen LogP contribution in [0.4, 0.5) is 0 Å². The highest BCUT2D eigenvalue weighted by Gasteiger charge is 2.11. The van der Waals surface area contributed by atoms with Gasteiger partial charge >= 0.3 is 11.9 Å². The van der Waals surface area contributed by atoms with Gasteiger partial charge in [-0.1, -0.05) is 38.8 Å². The molecule has 0 fully saturated rings. The molecule has 0 spiro atoms. The molecule has 180 valence electrons. The van der Waals surface area contributed by atoms with Gasteiger partial charge < -0.3 is 19.7 Å². The van der Waals surface area contributed by atoms with Crippen LogP contribution in [0.3, 0.4) is 0 Å². The number of aromatic hydroxyl groups is 2. The lowest BCUT2D eigenvalue weighted by Crippen LogP contribution is -2.14. The van der Waals surface area contributed by atoms with Gasteiger partial charge in [-0.3, -0.25) is 9.59 Å². The number of hydrogen-bond donors (Lipinski definition) is 2. The van der Waals surface area contributed by atoms with Gasteiger partial charge in [0, 0.05) is 14.2 Å². The highest BCUT2D eigenvalue weighted by atomic mass is 16.7. The number of carbonyl (C=O) groups is 2. The van der Waals surface area contributed by atoms with Gasteiger partial charge in [-0.25, -0.2) is 0 Å². The Balaban J connectivity index is 1.79. The molecule has 0 saturated heterocycles. The van der Waals surface area contributed by atoms with Gasteiger partial charge in [0.1, 0.15) is 11.5 Å². The van der Waals surface area contributed by atoms with Gasteiger partial charge in [0.25, 0.3) is 0 Å². The highest BCUT2D eigenvalue weighted by molar-refractivity contribution is 5.71. The third-order valence-electron chi connectivity index (χ3n) is 5.40. The van der Waals surface area contributed by atoms with Crippen LogP contribution in [0.1, 0.15) is 77.3 Å². The molecule has 0 heterocycles. The van der Waals surface area contributed by atoms with Crippen LogP contribution in [0.5, 0.6) is 11.5 Å². The van der Waals surface area contributed by atoms with Crippen molar-refractivity contribution < 1.29 is 32.0 Å². The van der Waals surface area contributed by atoms with Gasteiger partial charge in [-0.05, 0) is 85.0 Å². The monoisotopic (exact) mass is 460 g/mol. The molecule has 1 unspecified atom stereocenters. The van der Waals surface area contributed by atoms with E-state index >= 15 is 0 Å². The van der Waals surface area contributed by atoms with Crippen molar-refractivity contribution in [2.45, 2.75) is 78.0 Å². The van der Waals surface area contributed by atoms with Crippen molar-refractivity contribution in [3.63, 3.8) is 0 Å². The van der Waals surface area contributed by atoms with E-state index in [1.54, 1.807) is 12.1 Å². The summed E-state index contributed by atoms with van der Waals surface area (Å²) in [7, 11) is 0. The van der Waals surface area contributed by atoms with Crippen molar-refractivity contribution in [1.29, 1.82) is 0 Å². The molecule has 2 N–H and O–H groups in total. The van der Waals surface area contributed by atoms with Crippen LogP contribution in [0, 0.1) is 0 Å². The maximum atomic E-state index is 12.1. The molecule has 0 aliphatic heterocycles. The van der Waals surface area contributed by atoms with E-state index in [2.05, 4.69) is 6.92 Å². The summed E-state index contributed by atoms with van der Waals surface area (Å²) in [6.45, 7) is 3.54. The molecule has 2 rings (SSSR count). The summed E-state index contributed by atoms with van der Waals surface area (Å²) < 4.78 is 25.9. The number of phenolic OH excluding ortho intramolecular Hbond substituents is 2. The largest absolute Gasteiger partial charge is 0.508 e. The second kappa shape index (κ2) is 14.2. The van der Waals surface area contributed by atoms with Crippen molar-refractivity contribution in [2.75, 3.05) is 6.79 Å². The van der Waals surface area contributed by atoms with Gasteiger partial charge in [0.2, 0.25) is 6.79 Å². The Morgan fingerprint density at radius 3 is 2.06 bits per heavy atom. The van der Waals surface area contributed by atoms with Gasteiger partial charge in [-0.2, -0.15) is 0 Å². The molecular weight excluding hydrogens is 420 g/mol. The summed E-state index contributed by atoms with van der Waals surface area (Å²) in [6.07, 6.45) is 4.54. The minimum Gasteiger partial charge on any atom is -0.508 e. The number of benzene rings is 2. The smallest absolute Gasteiger partial charge is 0.308 e. The zero-order valence-electron chi connectivity index (χ0n) is 21.6. The number of aryl methyl sites for hydroxylation is 4. The van der Waals surface area contributed by atoms with E-state index in [0.29, 0.717) is 25.7 Å². The van der Waals surface area contributed by atoms with Crippen molar-refractivity contribution >= 4 is 11.9 Å².